The average molecular weight is 538 g/mol. The molecule has 1 fully saturated rings. The molecule has 0 spiro atoms. The first-order valence-electron chi connectivity index (χ1n) is 10.9. The molecule has 8 heteroatoms. The number of aliphatic imine (C=N–C) groups is 1. The number of aliphatic hydroxyl groups excluding tert-OH is 1. The Hall–Kier alpha value is -0.450. The summed E-state index contributed by atoms with van der Waals surface area (Å²) in [7, 11) is 0. The van der Waals surface area contributed by atoms with Gasteiger partial charge >= 0.3 is 0 Å². The van der Waals surface area contributed by atoms with Crippen LogP contribution in [0.1, 0.15) is 56.7 Å². The van der Waals surface area contributed by atoms with E-state index in [0.29, 0.717) is 11.8 Å². The van der Waals surface area contributed by atoms with Crippen LogP contribution in [0.4, 0.5) is 0 Å². The van der Waals surface area contributed by atoms with E-state index in [1.54, 1.807) is 11.3 Å². The summed E-state index contributed by atoms with van der Waals surface area (Å²) >= 11 is 1.74. The monoisotopic (exact) mass is 537 g/mol. The third-order valence-corrected chi connectivity index (χ3v) is 6.23. The van der Waals surface area contributed by atoms with Gasteiger partial charge < -0.3 is 15.7 Å². The van der Waals surface area contributed by atoms with Gasteiger partial charge in [0.2, 0.25) is 0 Å². The van der Waals surface area contributed by atoms with E-state index in [2.05, 4.69) is 46.7 Å². The Kier molecular flexibility index (Phi) is 14.1. The number of aryl methyl sites for hydroxylation is 1. The van der Waals surface area contributed by atoms with Crippen LogP contribution < -0.4 is 10.6 Å². The number of halogens is 1. The molecule has 0 aromatic carbocycles. The molecule has 0 radical (unpaired) electrons. The molecule has 1 saturated heterocycles. The van der Waals surface area contributed by atoms with E-state index in [0.717, 1.165) is 69.5 Å². The number of nitrogens with one attached hydrogen (secondary N) is 2. The number of piperidine rings is 1. The first-order chi connectivity index (χ1) is 13.6. The molecule has 2 rings (SSSR count). The van der Waals surface area contributed by atoms with E-state index in [1.807, 2.05) is 0 Å². The zero-order valence-corrected chi connectivity index (χ0v) is 21.5. The molecule has 0 aliphatic carbocycles. The van der Waals surface area contributed by atoms with Gasteiger partial charge in [0.05, 0.1) is 10.7 Å². The van der Waals surface area contributed by atoms with Crippen molar-refractivity contribution in [1.29, 1.82) is 0 Å². The van der Waals surface area contributed by atoms with Crippen LogP contribution in [-0.2, 0) is 6.54 Å². The summed E-state index contributed by atoms with van der Waals surface area (Å²) < 4.78 is 0. The smallest absolute Gasteiger partial charge is 0.191 e. The Labute approximate surface area is 198 Å². The number of hydrogen-bond donors (Lipinski definition) is 3. The summed E-state index contributed by atoms with van der Waals surface area (Å²) in [6.45, 7) is 12.5. The molecule has 0 saturated carbocycles. The minimum absolute atomic E-state index is 0. The molecule has 168 valence electrons. The van der Waals surface area contributed by atoms with Crippen molar-refractivity contribution < 1.29 is 5.11 Å². The van der Waals surface area contributed by atoms with Gasteiger partial charge in [0.1, 0.15) is 0 Å². The lowest BCUT2D eigenvalue weighted by Gasteiger charge is -2.31. The fraction of sp³-hybridized carbons (Fsp3) is 0.810. The molecule has 3 N–H and O–H groups in total. The summed E-state index contributed by atoms with van der Waals surface area (Å²) in [5, 5.41) is 19.5. The van der Waals surface area contributed by atoms with Crippen molar-refractivity contribution in [2.24, 2.45) is 16.8 Å². The van der Waals surface area contributed by atoms with Crippen molar-refractivity contribution in [3.63, 3.8) is 0 Å². The number of aliphatic hydroxyl groups is 1. The van der Waals surface area contributed by atoms with Crippen LogP contribution in [0, 0.1) is 18.8 Å². The second-order valence-electron chi connectivity index (χ2n) is 7.84. The Morgan fingerprint density at radius 3 is 2.66 bits per heavy atom. The lowest BCUT2D eigenvalue weighted by atomic mass is 9.97. The molecule has 29 heavy (non-hydrogen) atoms. The number of guanidine groups is 1. The quantitative estimate of drug-likeness (QED) is 0.229. The summed E-state index contributed by atoms with van der Waals surface area (Å²) in [5.41, 5.74) is 1.21. The summed E-state index contributed by atoms with van der Waals surface area (Å²) in [6, 6.07) is 0. The van der Waals surface area contributed by atoms with Gasteiger partial charge in [0.25, 0.3) is 0 Å². The zero-order chi connectivity index (χ0) is 20.2. The third kappa shape index (κ3) is 10.4. The van der Waals surface area contributed by atoms with Crippen LogP contribution in [0.3, 0.4) is 0 Å². The topological polar surface area (TPSA) is 72.8 Å². The number of likely N-dealkylation sites (tertiary alicyclic amines) is 1. The van der Waals surface area contributed by atoms with Gasteiger partial charge in [-0.15, -0.1) is 35.3 Å². The number of aromatic nitrogens is 1. The first kappa shape index (κ1) is 26.6. The molecule has 1 aromatic heterocycles. The van der Waals surface area contributed by atoms with Crippen molar-refractivity contribution in [2.45, 2.75) is 59.4 Å². The van der Waals surface area contributed by atoms with Crippen LogP contribution in [0.15, 0.2) is 10.4 Å². The number of nitrogens with zero attached hydrogens (tertiary/aromatic N) is 3. The maximum atomic E-state index is 9.23. The van der Waals surface area contributed by atoms with Crippen molar-refractivity contribution in [3.8, 4) is 0 Å². The van der Waals surface area contributed by atoms with E-state index >= 15 is 0 Å². The first-order valence-corrected chi connectivity index (χ1v) is 11.8. The maximum Gasteiger partial charge on any atom is 0.191 e. The van der Waals surface area contributed by atoms with Gasteiger partial charge in [-0.25, -0.2) is 4.98 Å². The van der Waals surface area contributed by atoms with Crippen molar-refractivity contribution in [3.05, 3.63) is 16.1 Å². The van der Waals surface area contributed by atoms with E-state index in [4.69, 9.17) is 4.99 Å². The minimum Gasteiger partial charge on any atom is -0.396 e. The van der Waals surface area contributed by atoms with E-state index in [-0.39, 0.29) is 30.6 Å². The average Bonchev–Trinajstić information content (AvgIpc) is 3.10. The van der Waals surface area contributed by atoms with Gasteiger partial charge in [0, 0.05) is 38.2 Å². The predicted octanol–water partition coefficient (Wildman–Crippen LogP) is 3.64. The SMILES string of the molecule is CCCC(CCO)CN=C(NCC)NCC1CCN(Cc2csc(C)n2)CC1.I. The summed E-state index contributed by atoms with van der Waals surface area (Å²) in [5.74, 6) is 2.09. The minimum atomic E-state index is 0. The molecule has 0 bridgehead atoms. The molecule has 6 nitrogen and oxygen atoms in total. The largest absolute Gasteiger partial charge is 0.396 e. The van der Waals surface area contributed by atoms with Gasteiger partial charge in [0.15, 0.2) is 5.96 Å². The van der Waals surface area contributed by atoms with Crippen molar-refractivity contribution >= 4 is 41.3 Å². The lowest BCUT2D eigenvalue weighted by molar-refractivity contribution is 0.176. The molecule has 0 amide bonds. The molecule has 1 aliphatic rings. The second kappa shape index (κ2) is 15.4. The number of thiazole rings is 1. The van der Waals surface area contributed by atoms with Crippen LogP contribution in [0.25, 0.3) is 0 Å². The summed E-state index contributed by atoms with van der Waals surface area (Å²) in [6.07, 6.45) is 5.55. The normalized spacial score (nSPS) is 17.0. The molecule has 1 aromatic rings. The van der Waals surface area contributed by atoms with Crippen LogP contribution >= 0.6 is 35.3 Å². The highest BCUT2D eigenvalue weighted by atomic mass is 127. The fourth-order valence-electron chi connectivity index (χ4n) is 3.78. The maximum absolute atomic E-state index is 9.23. The van der Waals surface area contributed by atoms with E-state index in [1.165, 1.54) is 18.5 Å². The standard InChI is InChI=1S/C21H39N5OS.HI/c1-4-6-18(9-12-27)13-23-21(22-5-2)24-14-19-7-10-26(11-8-19)15-20-16-28-17(3)25-20;/h16,18-19,27H,4-15H2,1-3H3,(H2,22,23,24);1H. The lowest BCUT2D eigenvalue weighted by Crippen LogP contribution is -2.43. The molecular formula is C21H40IN5OS. The summed E-state index contributed by atoms with van der Waals surface area (Å²) in [4.78, 5) is 11.9. The van der Waals surface area contributed by atoms with Crippen LogP contribution in [0.2, 0.25) is 0 Å². The van der Waals surface area contributed by atoms with Gasteiger partial charge in [-0.1, -0.05) is 13.3 Å². The fourth-order valence-corrected chi connectivity index (χ4v) is 4.38. The molecule has 2 heterocycles. The molecular weight excluding hydrogens is 497 g/mol. The Morgan fingerprint density at radius 1 is 1.31 bits per heavy atom. The molecule has 1 unspecified atom stereocenters. The zero-order valence-electron chi connectivity index (χ0n) is 18.3. The van der Waals surface area contributed by atoms with Gasteiger partial charge in [-0.3, -0.25) is 9.89 Å². The molecule has 1 aliphatic heterocycles. The van der Waals surface area contributed by atoms with Gasteiger partial charge in [-0.05, 0) is 64.5 Å². The van der Waals surface area contributed by atoms with E-state index in [9.17, 15) is 5.11 Å². The predicted molar refractivity (Wildman–Crippen MR) is 134 cm³/mol. The highest BCUT2D eigenvalue weighted by Crippen LogP contribution is 2.19. The third-order valence-electron chi connectivity index (χ3n) is 5.40. The van der Waals surface area contributed by atoms with E-state index < -0.39 is 0 Å². The Balaban J connectivity index is 0.00000420. The Morgan fingerprint density at radius 2 is 2.07 bits per heavy atom. The highest BCUT2D eigenvalue weighted by Gasteiger charge is 2.20. The second-order valence-corrected chi connectivity index (χ2v) is 8.91. The van der Waals surface area contributed by atoms with Gasteiger partial charge in [-0.2, -0.15) is 0 Å². The molecule has 1 atom stereocenters. The highest BCUT2D eigenvalue weighted by molar-refractivity contribution is 14.0. The number of rotatable bonds is 11. The van der Waals surface area contributed by atoms with Crippen molar-refractivity contribution in [2.75, 3.05) is 39.3 Å². The Bertz CT molecular complexity index is 569. The van der Waals surface area contributed by atoms with Crippen LogP contribution in [-0.4, -0.2) is 60.3 Å². The van der Waals surface area contributed by atoms with Crippen molar-refractivity contribution in [1.82, 2.24) is 20.5 Å². The number of hydrogen-bond acceptors (Lipinski definition) is 5. The van der Waals surface area contributed by atoms with Crippen LogP contribution in [0.5, 0.6) is 0 Å².